The minimum Gasteiger partial charge on any atom is -0.493 e. The molecule has 21 heavy (non-hydrogen) atoms. The van der Waals surface area contributed by atoms with Gasteiger partial charge in [-0.3, -0.25) is 4.79 Å². The topological polar surface area (TPSA) is 73.6 Å². The van der Waals surface area contributed by atoms with Gasteiger partial charge < -0.3 is 20.5 Å². The van der Waals surface area contributed by atoms with Crippen LogP contribution < -0.4 is 20.5 Å². The van der Waals surface area contributed by atoms with Crippen LogP contribution >= 0.6 is 0 Å². The molecule has 1 rings (SSSR count). The number of benzene rings is 1. The zero-order chi connectivity index (χ0) is 16.0. The Hall–Kier alpha value is -1.82. The van der Waals surface area contributed by atoms with E-state index in [1.807, 2.05) is 13.8 Å². The number of halogens is 1. The van der Waals surface area contributed by atoms with E-state index in [0.29, 0.717) is 5.75 Å². The van der Waals surface area contributed by atoms with Crippen LogP contribution in [0.4, 0.5) is 4.39 Å². The van der Waals surface area contributed by atoms with Gasteiger partial charge >= 0.3 is 0 Å². The van der Waals surface area contributed by atoms with Crippen LogP contribution in [-0.2, 0) is 0 Å². The van der Waals surface area contributed by atoms with Gasteiger partial charge in [-0.1, -0.05) is 13.8 Å². The number of rotatable bonds is 7. The second-order valence-electron chi connectivity index (χ2n) is 4.94. The SMILES string of the molecule is CCC(N)(CC)CNC(=O)c1cc(OC)c(OC)cc1F. The van der Waals surface area contributed by atoms with Crippen LogP contribution in [0.5, 0.6) is 11.5 Å². The van der Waals surface area contributed by atoms with E-state index in [2.05, 4.69) is 5.32 Å². The fraction of sp³-hybridized carbons (Fsp3) is 0.533. The molecule has 0 radical (unpaired) electrons. The predicted molar refractivity (Wildman–Crippen MR) is 79.3 cm³/mol. The van der Waals surface area contributed by atoms with Crippen molar-refractivity contribution in [3.05, 3.63) is 23.5 Å². The third-order valence-corrected chi connectivity index (χ3v) is 3.73. The first-order valence-corrected chi connectivity index (χ1v) is 6.89. The standard InChI is InChI=1S/C15H23FN2O3/c1-5-15(17,6-2)9-18-14(19)10-7-12(20-3)13(21-4)8-11(10)16/h7-8H,5-6,9,17H2,1-4H3,(H,18,19). The summed E-state index contributed by atoms with van der Waals surface area (Å²) in [7, 11) is 2.83. The van der Waals surface area contributed by atoms with E-state index < -0.39 is 17.3 Å². The van der Waals surface area contributed by atoms with E-state index >= 15 is 0 Å². The van der Waals surface area contributed by atoms with Crippen molar-refractivity contribution in [1.82, 2.24) is 5.32 Å². The maximum Gasteiger partial charge on any atom is 0.254 e. The molecule has 0 unspecified atom stereocenters. The Labute approximate surface area is 124 Å². The first-order valence-electron chi connectivity index (χ1n) is 6.89. The maximum atomic E-state index is 14.0. The highest BCUT2D eigenvalue weighted by atomic mass is 19.1. The average Bonchev–Trinajstić information content (AvgIpc) is 2.51. The van der Waals surface area contributed by atoms with Gasteiger partial charge in [-0.15, -0.1) is 0 Å². The molecule has 0 atom stereocenters. The van der Waals surface area contributed by atoms with E-state index in [9.17, 15) is 9.18 Å². The molecule has 0 aromatic heterocycles. The minimum atomic E-state index is -0.666. The van der Waals surface area contributed by atoms with Crippen LogP contribution in [0.3, 0.4) is 0 Å². The van der Waals surface area contributed by atoms with Crippen molar-refractivity contribution in [1.29, 1.82) is 0 Å². The summed E-state index contributed by atoms with van der Waals surface area (Å²) < 4.78 is 24.0. The zero-order valence-corrected chi connectivity index (χ0v) is 13.0. The normalized spacial score (nSPS) is 11.1. The van der Waals surface area contributed by atoms with Gasteiger partial charge in [-0.2, -0.15) is 0 Å². The molecule has 0 bridgehead atoms. The summed E-state index contributed by atoms with van der Waals surface area (Å²) in [6.45, 7) is 4.19. The van der Waals surface area contributed by atoms with Crippen molar-refractivity contribution in [3.8, 4) is 11.5 Å². The zero-order valence-electron chi connectivity index (χ0n) is 13.0. The number of carbonyl (C=O) groups excluding carboxylic acids is 1. The fourth-order valence-corrected chi connectivity index (χ4v) is 1.88. The molecule has 1 aromatic carbocycles. The Morgan fingerprint density at radius 1 is 1.24 bits per heavy atom. The van der Waals surface area contributed by atoms with Crippen LogP contribution in [0.25, 0.3) is 0 Å². The Balaban J connectivity index is 2.93. The van der Waals surface area contributed by atoms with Crippen LogP contribution in [0.15, 0.2) is 12.1 Å². The van der Waals surface area contributed by atoms with Gasteiger partial charge in [0.25, 0.3) is 5.91 Å². The molecule has 0 aliphatic heterocycles. The number of nitrogens with one attached hydrogen (secondary N) is 1. The molecule has 0 saturated heterocycles. The van der Waals surface area contributed by atoms with E-state index in [0.717, 1.165) is 18.9 Å². The number of methoxy groups -OCH3 is 2. The predicted octanol–water partition coefficient (Wildman–Crippen LogP) is 2.09. The van der Waals surface area contributed by atoms with Gasteiger partial charge in [-0.05, 0) is 18.9 Å². The molecular weight excluding hydrogens is 275 g/mol. The monoisotopic (exact) mass is 298 g/mol. The second kappa shape index (κ2) is 7.26. The molecule has 0 aliphatic rings. The number of hydrogen-bond acceptors (Lipinski definition) is 4. The lowest BCUT2D eigenvalue weighted by molar-refractivity contribution is 0.0937. The summed E-state index contributed by atoms with van der Waals surface area (Å²) in [5, 5.41) is 2.67. The largest absolute Gasteiger partial charge is 0.493 e. The fourth-order valence-electron chi connectivity index (χ4n) is 1.88. The average molecular weight is 298 g/mol. The highest BCUT2D eigenvalue weighted by Crippen LogP contribution is 2.29. The Morgan fingerprint density at radius 2 is 1.76 bits per heavy atom. The van der Waals surface area contributed by atoms with Gasteiger partial charge in [0, 0.05) is 18.2 Å². The molecular formula is C15H23FN2O3. The van der Waals surface area contributed by atoms with Crippen LogP contribution in [-0.4, -0.2) is 32.2 Å². The smallest absolute Gasteiger partial charge is 0.254 e. The molecule has 1 aromatic rings. The van der Waals surface area contributed by atoms with Gasteiger partial charge in [0.2, 0.25) is 0 Å². The third-order valence-electron chi connectivity index (χ3n) is 3.73. The van der Waals surface area contributed by atoms with E-state index in [1.165, 1.54) is 20.3 Å². The van der Waals surface area contributed by atoms with Gasteiger partial charge in [-0.25, -0.2) is 4.39 Å². The van der Waals surface area contributed by atoms with E-state index in [1.54, 1.807) is 0 Å². The van der Waals surface area contributed by atoms with Crippen LogP contribution in [0.2, 0.25) is 0 Å². The molecule has 0 heterocycles. The van der Waals surface area contributed by atoms with Gasteiger partial charge in [0.1, 0.15) is 5.82 Å². The van der Waals surface area contributed by atoms with Crippen molar-refractivity contribution in [2.24, 2.45) is 5.73 Å². The molecule has 0 spiro atoms. The maximum absolute atomic E-state index is 14.0. The Bertz CT molecular complexity index is 502. The van der Waals surface area contributed by atoms with E-state index in [-0.39, 0.29) is 17.9 Å². The Kier molecular flexibility index (Phi) is 5.96. The highest BCUT2D eigenvalue weighted by Gasteiger charge is 2.23. The van der Waals surface area contributed by atoms with E-state index in [4.69, 9.17) is 15.2 Å². The molecule has 0 fully saturated rings. The highest BCUT2D eigenvalue weighted by molar-refractivity contribution is 5.95. The molecule has 3 N–H and O–H groups in total. The third kappa shape index (κ3) is 4.07. The molecule has 5 nitrogen and oxygen atoms in total. The summed E-state index contributed by atoms with van der Waals surface area (Å²) in [5.41, 5.74) is 5.53. The second-order valence-corrected chi connectivity index (χ2v) is 4.94. The molecule has 6 heteroatoms. The Morgan fingerprint density at radius 3 is 2.24 bits per heavy atom. The lowest BCUT2D eigenvalue weighted by Crippen LogP contribution is -2.49. The number of carbonyl (C=O) groups is 1. The number of nitrogens with two attached hydrogens (primary N) is 1. The minimum absolute atomic E-state index is 0.0952. The number of ether oxygens (including phenoxy) is 2. The first kappa shape index (κ1) is 17.2. The lowest BCUT2D eigenvalue weighted by Gasteiger charge is -2.26. The van der Waals surface area contributed by atoms with Gasteiger partial charge in [0.15, 0.2) is 11.5 Å². The van der Waals surface area contributed by atoms with Gasteiger partial charge in [0.05, 0.1) is 19.8 Å². The summed E-state index contributed by atoms with van der Waals surface area (Å²) in [5.74, 6) is -0.651. The number of amides is 1. The summed E-state index contributed by atoms with van der Waals surface area (Å²) >= 11 is 0. The van der Waals surface area contributed by atoms with Crippen LogP contribution in [0, 0.1) is 5.82 Å². The number of hydrogen-bond donors (Lipinski definition) is 2. The molecule has 118 valence electrons. The quantitative estimate of drug-likeness (QED) is 0.808. The van der Waals surface area contributed by atoms with Crippen molar-refractivity contribution < 1.29 is 18.7 Å². The summed E-state index contributed by atoms with van der Waals surface area (Å²) in [4.78, 5) is 12.1. The molecule has 0 saturated carbocycles. The lowest BCUT2D eigenvalue weighted by atomic mass is 9.94. The first-order chi connectivity index (χ1) is 9.90. The van der Waals surface area contributed by atoms with Crippen molar-refractivity contribution >= 4 is 5.91 Å². The molecule has 0 aliphatic carbocycles. The summed E-state index contributed by atoms with van der Waals surface area (Å²) in [6.07, 6.45) is 1.44. The van der Waals surface area contributed by atoms with Crippen molar-refractivity contribution in [2.45, 2.75) is 32.2 Å². The van der Waals surface area contributed by atoms with Crippen molar-refractivity contribution in [2.75, 3.05) is 20.8 Å². The van der Waals surface area contributed by atoms with Crippen LogP contribution in [0.1, 0.15) is 37.0 Å². The molecule has 1 amide bonds. The van der Waals surface area contributed by atoms with Crippen molar-refractivity contribution in [3.63, 3.8) is 0 Å². The summed E-state index contributed by atoms with van der Waals surface area (Å²) in [6, 6.07) is 2.45.